The predicted molar refractivity (Wildman–Crippen MR) is 56.9 cm³/mol. The second kappa shape index (κ2) is 5.31. The van der Waals surface area contributed by atoms with Gasteiger partial charge in [0.15, 0.2) is 0 Å². The molecule has 15 heavy (non-hydrogen) atoms. The predicted octanol–water partition coefficient (Wildman–Crippen LogP) is 0.694. The van der Waals surface area contributed by atoms with Crippen LogP contribution in [0.25, 0.3) is 0 Å². The van der Waals surface area contributed by atoms with Crippen LogP contribution in [0.5, 0.6) is 0 Å². The lowest BCUT2D eigenvalue weighted by Gasteiger charge is -2.03. The van der Waals surface area contributed by atoms with Gasteiger partial charge in [0, 0.05) is 10.5 Å². The number of benzene rings is 1. The Bertz CT molecular complexity index is 415. The molecule has 0 saturated carbocycles. The number of nitrogens with one attached hydrogen (secondary N) is 1. The van der Waals surface area contributed by atoms with E-state index in [-0.39, 0.29) is 0 Å². The molecule has 4 nitrogen and oxygen atoms in total. The standard InChI is InChI=1S/C10H8BrNO3/c11-7-3-1-2-4-8(7)12-9(13)5-6-10(14)15/h1-6H,(H,12,13)(H,14,15)/p-1/b6-5-. The monoisotopic (exact) mass is 268 g/mol. The van der Waals surface area contributed by atoms with Gasteiger partial charge in [-0.3, -0.25) is 4.79 Å². The fourth-order valence-electron chi connectivity index (χ4n) is 0.881. The van der Waals surface area contributed by atoms with Crippen LogP contribution in [0.15, 0.2) is 40.9 Å². The van der Waals surface area contributed by atoms with Crippen molar-refractivity contribution in [3.05, 3.63) is 40.9 Å². The third-order valence-electron chi connectivity index (χ3n) is 1.50. The van der Waals surface area contributed by atoms with Crippen LogP contribution in [-0.4, -0.2) is 11.9 Å². The van der Waals surface area contributed by atoms with Gasteiger partial charge in [0.05, 0.1) is 11.7 Å². The number of amides is 1. The molecule has 0 radical (unpaired) electrons. The van der Waals surface area contributed by atoms with Gasteiger partial charge in [0.25, 0.3) is 0 Å². The fraction of sp³-hybridized carbons (Fsp3) is 0. The first kappa shape index (κ1) is 11.5. The van der Waals surface area contributed by atoms with Gasteiger partial charge < -0.3 is 15.2 Å². The zero-order chi connectivity index (χ0) is 11.3. The van der Waals surface area contributed by atoms with Crippen molar-refractivity contribution in [3.63, 3.8) is 0 Å². The Balaban J connectivity index is 2.67. The molecule has 0 saturated heterocycles. The summed E-state index contributed by atoms with van der Waals surface area (Å²) in [4.78, 5) is 21.2. The molecule has 0 unspecified atom stereocenters. The number of halogens is 1. The Morgan fingerprint density at radius 1 is 1.27 bits per heavy atom. The maximum Gasteiger partial charge on any atom is 0.248 e. The van der Waals surface area contributed by atoms with E-state index >= 15 is 0 Å². The van der Waals surface area contributed by atoms with E-state index in [1.807, 2.05) is 0 Å². The van der Waals surface area contributed by atoms with Gasteiger partial charge in [-0.2, -0.15) is 0 Å². The van der Waals surface area contributed by atoms with E-state index in [1.165, 1.54) is 0 Å². The number of carboxylic acid groups (broad SMARTS) is 1. The number of carbonyl (C=O) groups excluding carboxylic acids is 2. The van der Waals surface area contributed by atoms with Crippen LogP contribution < -0.4 is 10.4 Å². The lowest BCUT2D eigenvalue weighted by molar-refractivity contribution is -0.297. The summed E-state index contributed by atoms with van der Waals surface area (Å²) >= 11 is 3.24. The highest BCUT2D eigenvalue weighted by Gasteiger charge is 2.00. The van der Waals surface area contributed by atoms with E-state index in [9.17, 15) is 14.7 Å². The molecule has 0 aliphatic rings. The van der Waals surface area contributed by atoms with Crippen LogP contribution in [-0.2, 0) is 9.59 Å². The van der Waals surface area contributed by atoms with Gasteiger partial charge >= 0.3 is 0 Å². The fourth-order valence-corrected chi connectivity index (χ4v) is 1.26. The summed E-state index contributed by atoms with van der Waals surface area (Å²) in [5, 5.41) is 12.5. The number of rotatable bonds is 3. The number of aliphatic carboxylic acids is 1. The van der Waals surface area contributed by atoms with Crippen molar-refractivity contribution in [1.82, 2.24) is 0 Å². The first-order chi connectivity index (χ1) is 7.09. The molecule has 0 heterocycles. The van der Waals surface area contributed by atoms with E-state index in [1.54, 1.807) is 24.3 Å². The van der Waals surface area contributed by atoms with Crippen LogP contribution in [0.3, 0.4) is 0 Å². The second-order valence-electron chi connectivity index (χ2n) is 2.62. The van der Waals surface area contributed by atoms with E-state index < -0.39 is 11.9 Å². The first-order valence-corrected chi connectivity index (χ1v) is 4.83. The average Bonchev–Trinajstić information content (AvgIpc) is 2.18. The summed E-state index contributed by atoms with van der Waals surface area (Å²) < 4.78 is 0.722. The topological polar surface area (TPSA) is 69.2 Å². The van der Waals surface area contributed by atoms with E-state index in [2.05, 4.69) is 21.2 Å². The summed E-state index contributed by atoms with van der Waals surface area (Å²) in [5.74, 6) is -1.93. The quantitative estimate of drug-likeness (QED) is 0.821. The molecule has 5 heteroatoms. The Morgan fingerprint density at radius 2 is 1.93 bits per heavy atom. The largest absolute Gasteiger partial charge is 0.545 e. The van der Waals surface area contributed by atoms with E-state index in [0.717, 1.165) is 10.5 Å². The van der Waals surface area contributed by atoms with Crippen LogP contribution in [0.2, 0.25) is 0 Å². The maximum absolute atomic E-state index is 11.2. The van der Waals surface area contributed by atoms with Crippen LogP contribution in [0.1, 0.15) is 0 Å². The molecular weight excluding hydrogens is 262 g/mol. The SMILES string of the molecule is O=C([O-])/C=C\C(=O)Nc1ccccc1Br. The van der Waals surface area contributed by atoms with Crippen molar-refractivity contribution in [2.45, 2.75) is 0 Å². The third kappa shape index (κ3) is 3.95. The van der Waals surface area contributed by atoms with E-state index in [0.29, 0.717) is 11.8 Å². The van der Waals surface area contributed by atoms with Gasteiger partial charge in [-0.15, -0.1) is 0 Å². The van der Waals surface area contributed by atoms with Gasteiger partial charge in [0.2, 0.25) is 5.91 Å². The Morgan fingerprint density at radius 3 is 2.53 bits per heavy atom. The number of carbonyl (C=O) groups is 2. The summed E-state index contributed by atoms with van der Waals surface area (Å²) in [7, 11) is 0. The van der Waals surface area contributed by atoms with Crippen LogP contribution >= 0.6 is 15.9 Å². The number of carboxylic acids is 1. The number of anilines is 1. The van der Waals surface area contributed by atoms with Crippen molar-refractivity contribution in [3.8, 4) is 0 Å². The van der Waals surface area contributed by atoms with Crippen LogP contribution in [0.4, 0.5) is 5.69 Å². The molecule has 1 rings (SSSR count). The highest BCUT2D eigenvalue weighted by Crippen LogP contribution is 2.20. The van der Waals surface area contributed by atoms with Gasteiger partial charge in [-0.25, -0.2) is 0 Å². The van der Waals surface area contributed by atoms with Gasteiger partial charge in [-0.05, 0) is 34.1 Å². The van der Waals surface area contributed by atoms with Crippen molar-refractivity contribution < 1.29 is 14.7 Å². The third-order valence-corrected chi connectivity index (χ3v) is 2.19. The van der Waals surface area contributed by atoms with Crippen molar-refractivity contribution >= 4 is 33.5 Å². The normalized spacial score (nSPS) is 10.2. The van der Waals surface area contributed by atoms with Crippen molar-refractivity contribution in [2.75, 3.05) is 5.32 Å². The highest BCUT2D eigenvalue weighted by atomic mass is 79.9. The Kier molecular flexibility index (Phi) is 4.05. The summed E-state index contributed by atoms with van der Waals surface area (Å²) in [6.07, 6.45) is 1.57. The molecule has 0 fully saturated rings. The summed E-state index contributed by atoms with van der Waals surface area (Å²) in [5.41, 5.74) is 0.575. The molecule has 0 aliphatic heterocycles. The molecule has 0 aliphatic carbocycles. The summed E-state index contributed by atoms with van der Waals surface area (Å²) in [6, 6.07) is 7.01. The van der Waals surface area contributed by atoms with Crippen molar-refractivity contribution in [2.24, 2.45) is 0 Å². The molecule has 0 aromatic heterocycles. The lowest BCUT2D eigenvalue weighted by atomic mass is 10.3. The molecular formula is C10H7BrNO3-. The highest BCUT2D eigenvalue weighted by molar-refractivity contribution is 9.10. The molecule has 0 bridgehead atoms. The van der Waals surface area contributed by atoms with Crippen molar-refractivity contribution in [1.29, 1.82) is 0 Å². The number of hydrogen-bond donors (Lipinski definition) is 1. The van der Waals surface area contributed by atoms with Gasteiger partial charge in [-0.1, -0.05) is 12.1 Å². The lowest BCUT2D eigenvalue weighted by Crippen LogP contribution is -2.20. The Labute approximate surface area is 94.7 Å². The maximum atomic E-state index is 11.2. The molecule has 78 valence electrons. The molecule has 0 atom stereocenters. The van der Waals surface area contributed by atoms with Crippen LogP contribution in [0, 0.1) is 0 Å². The zero-order valence-electron chi connectivity index (χ0n) is 7.57. The minimum absolute atomic E-state index is 0.522. The molecule has 1 amide bonds. The minimum atomic E-state index is -1.41. The zero-order valence-corrected chi connectivity index (χ0v) is 9.15. The number of hydrogen-bond acceptors (Lipinski definition) is 3. The molecule has 1 N–H and O–H groups in total. The smallest absolute Gasteiger partial charge is 0.248 e. The number of para-hydroxylation sites is 1. The minimum Gasteiger partial charge on any atom is -0.545 e. The van der Waals surface area contributed by atoms with Gasteiger partial charge in [0.1, 0.15) is 0 Å². The summed E-state index contributed by atoms with van der Waals surface area (Å²) in [6.45, 7) is 0. The Hall–Kier alpha value is -1.62. The molecule has 0 spiro atoms. The molecule has 1 aromatic rings. The first-order valence-electron chi connectivity index (χ1n) is 4.04. The molecule has 1 aromatic carbocycles. The second-order valence-corrected chi connectivity index (χ2v) is 3.48. The van der Waals surface area contributed by atoms with E-state index in [4.69, 9.17) is 0 Å². The average molecular weight is 269 g/mol.